The zero-order chi connectivity index (χ0) is 22.0. The minimum atomic E-state index is -0.856. The fourth-order valence-electron chi connectivity index (χ4n) is 2.62. The van der Waals surface area contributed by atoms with Gasteiger partial charge in [0, 0.05) is 14.5 Å². The van der Waals surface area contributed by atoms with E-state index in [0.29, 0.717) is 20.2 Å². The average molecular weight is 602 g/mol. The van der Waals surface area contributed by atoms with Crippen molar-refractivity contribution < 1.29 is 23.9 Å². The Morgan fingerprint density at radius 1 is 1.07 bits per heavy atom. The number of nitrogens with two attached hydrogens (primary N) is 1. The molecule has 3 N–H and O–H groups in total. The first-order valence-corrected chi connectivity index (χ1v) is 10.6. The molecule has 3 rings (SSSR count). The van der Waals surface area contributed by atoms with Crippen LogP contribution in [-0.4, -0.2) is 30.4 Å². The molecule has 0 aromatic heterocycles. The summed E-state index contributed by atoms with van der Waals surface area (Å²) in [6.45, 7) is -0.403. The number of anilines is 1. The van der Waals surface area contributed by atoms with Gasteiger partial charge in [0.1, 0.15) is 11.3 Å². The molecule has 2 aromatic carbocycles. The lowest BCUT2D eigenvalue weighted by molar-refractivity contribution is -0.123. The summed E-state index contributed by atoms with van der Waals surface area (Å²) < 4.78 is 7.28. The van der Waals surface area contributed by atoms with Crippen LogP contribution >= 0.6 is 47.8 Å². The number of nitrogens with one attached hydrogen (secondary N) is 1. The van der Waals surface area contributed by atoms with Crippen LogP contribution in [0.3, 0.4) is 0 Å². The summed E-state index contributed by atoms with van der Waals surface area (Å²) in [6, 6.07) is 8.85. The van der Waals surface area contributed by atoms with Crippen molar-refractivity contribution in [3.8, 4) is 5.75 Å². The smallest absolute Gasteiger partial charge is 0.335 e. The Hall–Kier alpha value is -2.50. The summed E-state index contributed by atoms with van der Waals surface area (Å²) in [7, 11) is 0. The van der Waals surface area contributed by atoms with Crippen LogP contribution in [0, 0.1) is 0 Å². The Balaban J connectivity index is 2.06. The van der Waals surface area contributed by atoms with Gasteiger partial charge in [-0.25, -0.2) is 9.69 Å². The zero-order valence-corrected chi connectivity index (χ0v) is 19.7. The Bertz CT molecular complexity index is 1100. The van der Waals surface area contributed by atoms with Gasteiger partial charge in [-0.1, -0.05) is 31.9 Å². The molecule has 1 fully saturated rings. The van der Waals surface area contributed by atoms with Crippen LogP contribution in [0.4, 0.5) is 10.5 Å². The highest BCUT2D eigenvalue weighted by Gasteiger charge is 2.37. The Morgan fingerprint density at radius 2 is 1.73 bits per heavy atom. The summed E-state index contributed by atoms with van der Waals surface area (Å²) >= 11 is 9.93. The van der Waals surface area contributed by atoms with Gasteiger partial charge in [0.15, 0.2) is 6.61 Å². The monoisotopic (exact) mass is 599 g/mol. The maximum Gasteiger partial charge on any atom is 0.335 e. The minimum Gasteiger partial charge on any atom is -0.482 e. The van der Waals surface area contributed by atoms with Crippen LogP contribution in [0.2, 0.25) is 0 Å². The standard InChI is InChI=1S/C19H12Br3N3O5/c20-10-1-3-12(4-2-10)25-18(28)13(17(27)24-19(25)29)6-9-5-11(21)7-14(22)16(9)30-8-15(23)26/h1-7H,8H2,(H2,23,26)(H,24,27,29)/b13-6+. The van der Waals surface area contributed by atoms with E-state index in [1.54, 1.807) is 36.4 Å². The third-order valence-electron chi connectivity index (χ3n) is 3.88. The van der Waals surface area contributed by atoms with E-state index in [2.05, 4.69) is 53.1 Å². The van der Waals surface area contributed by atoms with Gasteiger partial charge in [0.2, 0.25) is 0 Å². The lowest BCUT2D eigenvalue weighted by Crippen LogP contribution is -2.54. The molecular formula is C19H12Br3N3O5. The van der Waals surface area contributed by atoms with Gasteiger partial charge < -0.3 is 10.5 Å². The molecular weight excluding hydrogens is 590 g/mol. The van der Waals surface area contributed by atoms with Gasteiger partial charge in [-0.2, -0.15) is 0 Å². The van der Waals surface area contributed by atoms with E-state index in [0.717, 1.165) is 9.37 Å². The van der Waals surface area contributed by atoms with Crippen molar-refractivity contribution in [3.63, 3.8) is 0 Å². The molecule has 0 spiro atoms. The Kier molecular flexibility index (Phi) is 6.74. The number of ether oxygens (including phenoxy) is 1. The highest BCUT2D eigenvalue weighted by atomic mass is 79.9. The van der Waals surface area contributed by atoms with Crippen LogP contribution in [-0.2, 0) is 14.4 Å². The molecule has 11 heteroatoms. The summed E-state index contributed by atoms with van der Waals surface area (Å²) in [6.07, 6.45) is 1.28. The lowest BCUT2D eigenvalue weighted by atomic mass is 10.1. The molecule has 30 heavy (non-hydrogen) atoms. The van der Waals surface area contributed by atoms with E-state index in [-0.39, 0.29) is 11.3 Å². The maximum atomic E-state index is 13.0. The number of hydrogen-bond acceptors (Lipinski definition) is 5. The predicted octanol–water partition coefficient (Wildman–Crippen LogP) is 3.50. The second kappa shape index (κ2) is 9.11. The molecule has 1 heterocycles. The van der Waals surface area contributed by atoms with E-state index >= 15 is 0 Å². The molecule has 1 aliphatic rings. The number of primary amides is 1. The molecule has 1 saturated heterocycles. The average Bonchev–Trinajstić information content (AvgIpc) is 2.65. The van der Waals surface area contributed by atoms with Crippen molar-refractivity contribution in [2.45, 2.75) is 0 Å². The van der Waals surface area contributed by atoms with Crippen molar-refractivity contribution in [1.29, 1.82) is 0 Å². The van der Waals surface area contributed by atoms with E-state index < -0.39 is 30.4 Å². The SMILES string of the molecule is NC(=O)COc1c(Br)cc(Br)cc1/C=C1\C(=O)NC(=O)N(c2ccc(Br)cc2)C1=O. The molecule has 0 atom stereocenters. The highest BCUT2D eigenvalue weighted by molar-refractivity contribution is 9.11. The fraction of sp³-hybridized carbons (Fsp3) is 0.0526. The van der Waals surface area contributed by atoms with Crippen LogP contribution in [0.5, 0.6) is 5.75 Å². The van der Waals surface area contributed by atoms with Crippen LogP contribution < -0.4 is 20.7 Å². The second-order valence-corrected chi connectivity index (χ2v) is 8.68. The number of halogens is 3. The predicted molar refractivity (Wildman–Crippen MR) is 120 cm³/mol. The summed E-state index contributed by atoms with van der Waals surface area (Å²) in [5.74, 6) is -2.14. The molecule has 1 aliphatic heterocycles. The maximum absolute atomic E-state index is 13.0. The lowest BCUT2D eigenvalue weighted by Gasteiger charge is -2.26. The zero-order valence-electron chi connectivity index (χ0n) is 14.9. The number of rotatable bonds is 5. The minimum absolute atomic E-state index is 0.206. The molecule has 5 amide bonds. The second-order valence-electron chi connectivity index (χ2n) is 6.00. The Morgan fingerprint density at radius 3 is 2.37 bits per heavy atom. The van der Waals surface area contributed by atoms with Crippen LogP contribution in [0.25, 0.3) is 6.08 Å². The third-order valence-corrected chi connectivity index (χ3v) is 5.46. The number of benzene rings is 2. The van der Waals surface area contributed by atoms with Crippen molar-refractivity contribution in [3.05, 3.63) is 61.0 Å². The molecule has 0 saturated carbocycles. The summed E-state index contributed by atoms with van der Waals surface area (Å²) in [5.41, 5.74) is 5.46. The van der Waals surface area contributed by atoms with E-state index in [1.165, 1.54) is 6.08 Å². The number of imide groups is 2. The van der Waals surface area contributed by atoms with Crippen LogP contribution in [0.1, 0.15) is 5.56 Å². The van der Waals surface area contributed by atoms with Gasteiger partial charge in [-0.05, 0) is 58.4 Å². The molecule has 154 valence electrons. The van der Waals surface area contributed by atoms with E-state index in [4.69, 9.17) is 10.5 Å². The number of carbonyl (C=O) groups is 4. The van der Waals surface area contributed by atoms with Gasteiger partial charge in [0.25, 0.3) is 17.7 Å². The van der Waals surface area contributed by atoms with Crippen molar-refractivity contribution in [1.82, 2.24) is 5.32 Å². The molecule has 0 unspecified atom stereocenters. The van der Waals surface area contributed by atoms with Crippen LogP contribution in [0.15, 0.2) is 55.4 Å². The molecule has 0 bridgehead atoms. The molecule has 0 radical (unpaired) electrons. The normalized spacial score (nSPS) is 15.4. The largest absolute Gasteiger partial charge is 0.482 e. The number of hydrogen-bond donors (Lipinski definition) is 2. The van der Waals surface area contributed by atoms with E-state index in [9.17, 15) is 19.2 Å². The first-order valence-electron chi connectivity index (χ1n) is 8.24. The quantitative estimate of drug-likeness (QED) is 0.402. The van der Waals surface area contributed by atoms with Crippen molar-refractivity contribution in [2.24, 2.45) is 5.73 Å². The number of urea groups is 1. The number of amides is 5. The van der Waals surface area contributed by atoms with Gasteiger partial charge >= 0.3 is 6.03 Å². The van der Waals surface area contributed by atoms with Gasteiger partial charge in [-0.3, -0.25) is 19.7 Å². The van der Waals surface area contributed by atoms with Crippen molar-refractivity contribution in [2.75, 3.05) is 11.5 Å². The first kappa shape index (κ1) is 22.2. The van der Waals surface area contributed by atoms with Gasteiger partial charge in [0.05, 0.1) is 10.2 Å². The number of nitrogens with zero attached hydrogens (tertiary/aromatic N) is 1. The fourth-order valence-corrected chi connectivity index (χ4v) is 4.26. The Labute approximate surface area is 195 Å². The van der Waals surface area contributed by atoms with Crippen molar-refractivity contribution >= 4 is 83.3 Å². The number of carbonyl (C=O) groups excluding carboxylic acids is 4. The molecule has 0 aliphatic carbocycles. The topological polar surface area (TPSA) is 119 Å². The first-order chi connectivity index (χ1) is 14.2. The highest BCUT2D eigenvalue weighted by Crippen LogP contribution is 2.35. The summed E-state index contributed by atoms with van der Waals surface area (Å²) in [4.78, 5) is 49.7. The van der Waals surface area contributed by atoms with E-state index in [1.807, 2.05) is 0 Å². The summed E-state index contributed by atoms with van der Waals surface area (Å²) in [5, 5.41) is 2.15. The molecule has 8 nitrogen and oxygen atoms in total. The third kappa shape index (κ3) is 4.79. The van der Waals surface area contributed by atoms with Gasteiger partial charge in [-0.15, -0.1) is 0 Å². The number of barbiturate groups is 1. The molecule has 2 aromatic rings.